The first-order valence-electron chi connectivity index (χ1n) is 10.1. The summed E-state index contributed by atoms with van der Waals surface area (Å²) in [5.41, 5.74) is -2.00. The van der Waals surface area contributed by atoms with Crippen LogP contribution in [-0.4, -0.2) is 52.0 Å². The summed E-state index contributed by atoms with van der Waals surface area (Å²) in [6.45, 7) is 2.96. The summed E-state index contributed by atoms with van der Waals surface area (Å²) < 4.78 is 0. The van der Waals surface area contributed by atoms with Crippen LogP contribution in [0.15, 0.2) is 0 Å². The summed E-state index contributed by atoms with van der Waals surface area (Å²) in [6, 6.07) is -0.469. The number of hydrogen-bond acceptors (Lipinski definition) is 6. The third kappa shape index (κ3) is 5.25. The highest BCUT2D eigenvalue weighted by atomic mass is 16.3. The highest BCUT2D eigenvalue weighted by Gasteiger charge is 2.46. The molecule has 0 aromatic carbocycles. The van der Waals surface area contributed by atoms with Crippen molar-refractivity contribution < 1.29 is 29.1 Å². The van der Waals surface area contributed by atoms with E-state index in [0.717, 1.165) is 0 Å². The molecule has 2 atom stereocenters. The molecule has 3 N–H and O–H groups in total. The number of Topliss-reactive ketones (excluding diaryl/α,β-unsaturated/α-hetero) is 3. The normalized spacial score (nSPS) is 22.2. The van der Waals surface area contributed by atoms with E-state index in [9.17, 15) is 29.1 Å². The fourth-order valence-corrected chi connectivity index (χ4v) is 3.81. The van der Waals surface area contributed by atoms with Crippen molar-refractivity contribution in [3.8, 4) is 0 Å². The maximum absolute atomic E-state index is 12.7. The number of hydrogen-bond donors (Lipinski definition) is 3. The third-order valence-electron chi connectivity index (χ3n) is 6.02. The molecule has 2 saturated carbocycles. The van der Waals surface area contributed by atoms with Gasteiger partial charge in [0.05, 0.1) is 5.92 Å². The Labute approximate surface area is 164 Å². The lowest BCUT2D eigenvalue weighted by Gasteiger charge is -2.33. The molecule has 2 amide bonds. The zero-order valence-electron chi connectivity index (χ0n) is 16.6. The molecule has 8 nitrogen and oxygen atoms in total. The topological polar surface area (TPSA) is 130 Å². The molecule has 2 unspecified atom stereocenters. The Morgan fingerprint density at radius 1 is 0.964 bits per heavy atom. The van der Waals surface area contributed by atoms with Gasteiger partial charge in [0.25, 0.3) is 11.8 Å². The highest BCUT2D eigenvalue weighted by Crippen LogP contribution is 2.25. The molecule has 156 valence electrons. The van der Waals surface area contributed by atoms with Crippen molar-refractivity contribution in [3.63, 3.8) is 0 Å². The Morgan fingerprint density at radius 3 is 1.82 bits per heavy atom. The molecule has 0 spiro atoms. The molecule has 28 heavy (non-hydrogen) atoms. The van der Waals surface area contributed by atoms with Crippen LogP contribution in [0.25, 0.3) is 0 Å². The minimum absolute atomic E-state index is 0.0252. The Kier molecular flexibility index (Phi) is 7.46. The average Bonchev–Trinajstić information content (AvgIpc) is 2.69. The molecule has 0 heterocycles. The Morgan fingerprint density at radius 2 is 1.39 bits per heavy atom. The van der Waals surface area contributed by atoms with E-state index in [0.29, 0.717) is 51.4 Å². The average molecular weight is 394 g/mol. The van der Waals surface area contributed by atoms with Crippen molar-refractivity contribution in [1.82, 2.24) is 10.6 Å². The maximum Gasteiger partial charge on any atom is 0.288 e. The SMILES string of the molecule is CCC(O)(C(=O)NC1CCC(=O)CC1)C(C)C(=O)C(=O)NC1CCC(=O)CC1. The van der Waals surface area contributed by atoms with Crippen LogP contribution in [0.4, 0.5) is 0 Å². The predicted molar refractivity (Wildman–Crippen MR) is 100 cm³/mol. The van der Waals surface area contributed by atoms with E-state index in [1.165, 1.54) is 6.92 Å². The number of ketones is 3. The molecule has 0 radical (unpaired) electrons. The largest absolute Gasteiger partial charge is 0.379 e. The van der Waals surface area contributed by atoms with Gasteiger partial charge >= 0.3 is 0 Å². The monoisotopic (exact) mass is 394 g/mol. The fraction of sp³-hybridized carbons (Fsp3) is 0.750. The minimum Gasteiger partial charge on any atom is -0.379 e. The van der Waals surface area contributed by atoms with Gasteiger partial charge in [0.15, 0.2) is 5.60 Å². The summed E-state index contributed by atoms with van der Waals surface area (Å²) >= 11 is 0. The molecule has 0 aliphatic heterocycles. The van der Waals surface area contributed by atoms with E-state index in [-0.39, 0.29) is 30.1 Å². The van der Waals surface area contributed by atoms with Gasteiger partial charge in [0, 0.05) is 37.8 Å². The summed E-state index contributed by atoms with van der Waals surface area (Å²) in [5.74, 6) is -3.29. The van der Waals surface area contributed by atoms with Crippen LogP contribution in [-0.2, 0) is 24.0 Å². The van der Waals surface area contributed by atoms with E-state index in [1.54, 1.807) is 6.92 Å². The molecule has 0 aromatic heterocycles. The van der Waals surface area contributed by atoms with E-state index < -0.39 is 29.1 Å². The number of nitrogens with one attached hydrogen (secondary N) is 2. The summed E-state index contributed by atoms with van der Waals surface area (Å²) in [4.78, 5) is 60.2. The lowest BCUT2D eigenvalue weighted by atomic mass is 9.81. The first-order valence-corrected chi connectivity index (χ1v) is 10.1. The van der Waals surface area contributed by atoms with Gasteiger partial charge in [-0.1, -0.05) is 13.8 Å². The molecule has 2 aliphatic carbocycles. The zero-order valence-corrected chi connectivity index (χ0v) is 16.6. The van der Waals surface area contributed by atoms with Crippen molar-refractivity contribution in [2.45, 2.75) is 89.3 Å². The molecule has 2 rings (SSSR count). The second kappa shape index (κ2) is 9.41. The lowest BCUT2D eigenvalue weighted by molar-refractivity contribution is -0.156. The summed E-state index contributed by atoms with van der Waals surface area (Å²) in [6.07, 6.45) is 3.49. The van der Waals surface area contributed by atoms with E-state index in [2.05, 4.69) is 10.6 Å². The number of carbonyl (C=O) groups excluding carboxylic acids is 5. The highest BCUT2D eigenvalue weighted by molar-refractivity contribution is 6.37. The second-order valence-electron chi connectivity index (χ2n) is 7.94. The molecular weight excluding hydrogens is 364 g/mol. The molecule has 2 aliphatic rings. The van der Waals surface area contributed by atoms with Crippen LogP contribution < -0.4 is 10.6 Å². The van der Waals surface area contributed by atoms with E-state index >= 15 is 0 Å². The molecule has 8 heteroatoms. The molecule has 0 saturated heterocycles. The van der Waals surface area contributed by atoms with Crippen molar-refractivity contribution in [1.29, 1.82) is 0 Å². The Hall–Kier alpha value is -2.09. The maximum atomic E-state index is 12.7. The van der Waals surface area contributed by atoms with Gasteiger partial charge in [0.1, 0.15) is 11.6 Å². The first-order chi connectivity index (χ1) is 13.2. The Bertz CT molecular complexity index is 641. The van der Waals surface area contributed by atoms with E-state index in [4.69, 9.17) is 0 Å². The molecule has 2 fully saturated rings. The van der Waals surface area contributed by atoms with Gasteiger partial charge < -0.3 is 15.7 Å². The van der Waals surface area contributed by atoms with Gasteiger partial charge in [-0.2, -0.15) is 0 Å². The molecule has 0 aromatic rings. The predicted octanol–water partition coefficient (Wildman–Crippen LogP) is 0.588. The molecular formula is C20H30N2O6. The van der Waals surface area contributed by atoms with Crippen LogP contribution in [0.1, 0.15) is 71.6 Å². The van der Waals surface area contributed by atoms with Crippen LogP contribution in [0.2, 0.25) is 0 Å². The quantitative estimate of drug-likeness (QED) is 0.542. The number of carbonyl (C=O) groups is 5. The number of amides is 2. The van der Waals surface area contributed by atoms with Crippen molar-refractivity contribution in [2.24, 2.45) is 5.92 Å². The smallest absolute Gasteiger partial charge is 0.288 e. The van der Waals surface area contributed by atoms with Crippen molar-refractivity contribution in [2.75, 3.05) is 0 Å². The van der Waals surface area contributed by atoms with Crippen LogP contribution in [0, 0.1) is 5.92 Å². The van der Waals surface area contributed by atoms with Gasteiger partial charge in [-0.3, -0.25) is 24.0 Å². The number of rotatable bonds is 7. The van der Waals surface area contributed by atoms with Crippen molar-refractivity contribution >= 4 is 29.2 Å². The van der Waals surface area contributed by atoms with E-state index in [1.807, 2.05) is 0 Å². The Balaban J connectivity index is 1.96. The minimum atomic E-state index is -2.00. The lowest BCUT2D eigenvalue weighted by Crippen LogP contribution is -2.57. The summed E-state index contributed by atoms with van der Waals surface area (Å²) in [7, 11) is 0. The standard InChI is InChI=1S/C20H30N2O6/c1-3-20(28,19(27)22-14-6-10-16(24)11-7-14)12(2)17(25)18(26)21-13-4-8-15(23)9-5-13/h12-14,28H,3-11H2,1-2H3,(H,21,26)(H,22,27). The first kappa shape index (κ1) is 22.2. The van der Waals surface area contributed by atoms with Gasteiger partial charge in [-0.05, 0) is 32.1 Å². The van der Waals surface area contributed by atoms with Gasteiger partial charge in [-0.15, -0.1) is 0 Å². The zero-order chi connectivity index (χ0) is 20.9. The van der Waals surface area contributed by atoms with Crippen LogP contribution in [0.5, 0.6) is 0 Å². The summed E-state index contributed by atoms with van der Waals surface area (Å²) in [5, 5.41) is 16.2. The number of aliphatic hydroxyl groups is 1. The fourth-order valence-electron chi connectivity index (χ4n) is 3.81. The molecule has 0 bridgehead atoms. The second-order valence-corrected chi connectivity index (χ2v) is 7.94. The van der Waals surface area contributed by atoms with Gasteiger partial charge in [0.2, 0.25) is 5.78 Å². The van der Waals surface area contributed by atoms with Gasteiger partial charge in [-0.25, -0.2) is 0 Å². The third-order valence-corrected chi connectivity index (χ3v) is 6.02. The van der Waals surface area contributed by atoms with Crippen molar-refractivity contribution in [3.05, 3.63) is 0 Å². The van der Waals surface area contributed by atoms with Crippen LogP contribution >= 0.6 is 0 Å². The van der Waals surface area contributed by atoms with Crippen LogP contribution in [0.3, 0.4) is 0 Å².